The van der Waals surface area contributed by atoms with Crippen molar-refractivity contribution in [3.05, 3.63) is 63.9 Å². The SMILES string of the molecule is O=C(OCc1ccccc1)c1cnc(C(=O)O)c(Br)c1. The summed E-state index contributed by atoms with van der Waals surface area (Å²) in [5.74, 6) is -1.72. The van der Waals surface area contributed by atoms with Crippen LogP contribution in [-0.2, 0) is 11.3 Å². The summed E-state index contributed by atoms with van der Waals surface area (Å²) >= 11 is 3.06. The molecule has 1 aromatic carbocycles. The number of halogens is 1. The fraction of sp³-hybridized carbons (Fsp3) is 0.0714. The number of nitrogens with zero attached hydrogens (tertiary/aromatic N) is 1. The minimum absolute atomic E-state index is 0.149. The molecule has 0 unspecified atom stereocenters. The molecule has 0 aliphatic carbocycles. The van der Waals surface area contributed by atoms with Crippen LogP contribution in [0, 0.1) is 0 Å². The van der Waals surface area contributed by atoms with Crippen molar-refractivity contribution in [1.29, 1.82) is 0 Å². The second kappa shape index (κ2) is 6.29. The van der Waals surface area contributed by atoms with E-state index < -0.39 is 11.9 Å². The van der Waals surface area contributed by atoms with E-state index in [-0.39, 0.29) is 22.3 Å². The Morgan fingerprint density at radius 2 is 1.95 bits per heavy atom. The van der Waals surface area contributed by atoms with Crippen LogP contribution in [0.2, 0.25) is 0 Å². The molecule has 0 bridgehead atoms. The van der Waals surface area contributed by atoms with Crippen LogP contribution in [0.3, 0.4) is 0 Å². The first-order chi connectivity index (χ1) is 9.58. The van der Waals surface area contributed by atoms with E-state index in [0.29, 0.717) is 0 Å². The molecule has 1 N–H and O–H groups in total. The summed E-state index contributed by atoms with van der Waals surface area (Å²) in [6.07, 6.45) is 1.18. The third-order valence-corrected chi connectivity index (χ3v) is 3.10. The molecule has 0 aliphatic rings. The number of ether oxygens (including phenoxy) is 1. The minimum atomic E-state index is -1.17. The number of carbonyl (C=O) groups is 2. The average Bonchev–Trinajstić information content (AvgIpc) is 2.45. The molecule has 0 saturated heterocycles. The Morgan fingerprint density at radius 1 is 1.25 bits per heavy atom. The molecule has 0 atom stereocenters. The number of carboxylic acid groups (broad SMARTS) is 1. The Hall–Kier alpha value is -2.21. The number of aromatic nitrogens is 1. The second-order valence-corrected chi connectivity index (χ2v) is 4.78. The Morgan fingerprint density at radius 3 is 2.55 bits per heavy atom. The van der Waals surface area contributed by atoms with E-state index >= 15 is 0 Å². The van der Waals surface area contributed by atoms with Gasteiger partial charge in [0.05, 0.1) is 10.0 Å². The van der Waals surface area contributed by atoms with Gasteiger partial charge in [-0.3, -0.25) is 0 Å². The lowest BCUT2D eigenvalue weighted by Gasteiger charge is -2.06. The van der Waals surface area contributed by atoms with E-state index in [0.717, 1.165) is 5.56 Å². The summed E-state index contributed by atoms with van der Waals surface area (Å²) in [4.78, 5) is 26.3. The summed E-state index contributed by atoms with van der Waals surface area (Å²) in [5.41, 5.74) is 0.914. The molecular weight excluding hydrogens is 326 g/mol. The molecule has 5 nitrogen and oxygen atoms in total. The lowest BCUT2D eigenvalue weighted by molar-refractivity contribution is 0.0471. The van der Waals surface area contributed by atoms with Crippen LogP contribution < -0.4 is 0 Å². The van der Waals surface area contributed by atoms with Gasteiger partial charge < -0.3 is 9.84 Å². The fourth-order valence-electron chi connectivity index (χ4n) is 1.51. The lowest BCUT2D eigenvalue weighted by Crippen LogP contribution is -2.08. The predicted molar refractivity (Wildman–Crippen MR) is 74.5 cm³/mol. The summed E-state index contributed by atoms with van der Waals surface area (Å²) < 4.78 is 5.36. The van der Waals surface area contributed by atoms with Crippen LogP contribution in [0.5, 0.6) is 0 Å². The van der Waals surface area contributed by atoms with Crippen molar-refractivity contribution in [2.24, 2.45) is 0 Å². The molecule has 2 aromatic rings. The summed E-state index contributed by atoms with van der Waals surface area (Å²) in [6.45, 7) is 0.151. The summed E-state index contributed by atoms with van der Waals surface area (Å²) in [5, 5.41) is 8.84. The van der Waals surface area contributed by atoms with E-state index in [1.165, 1.54) is 12.3 Å². The Kier molecular flexibility index (Phi) is 4.47. The van der Waals surface area contributed by atoms with Crippen molar-refractivity contribution in [2.75, 3.05) is 0 Å². The Balaban J connectivity index is 2.06. The summed E-state index contributed by atoms with van der Waals surface area (Å²) in [7, 11) is 0. The van der Waals surface area contributed by atoms with Gasteiger partial charge in [-0.05, 0) is 27.6 Å². The average molecular weight is 336 g/mol. The van der Waals surface area contributed by atoms with E-state index in [4.69, 9.17) is 9.84 Å². The molecule has 1 aromatic heterocycles. The number of esters is 1. The number of rotatable bonds is 4. The highest BCUT2D eigenvalue weighted by molar-refractivity contribution is 9.10. The maximum atomic E-state index is 11.8. The van der Waals surface area contributed by atoms with Gasteiger partial charge in [-0.2, -0.15) is 0 Å². The maximum absolute atomic E-state index is 11.8. The number of benzene rings is 1. The van der Waals surface area contributed by atoms with Crippen LogP contribution in [0.15, 0.2) is 47.1 Å². The zero-order valence-corrected chi connectivity index (χ0v) is 11.8. The molecule has 0 fully saturated rings. The summed E-state index contributed by atoms with van der Waals surface area (Å²) in [6, 6.07) is 10.6. The van der Waals surface area contributed by atoms with Crippen LogP contribution >= 0.6 is 15.9 Å². The van der Waals surface area contributed by atoms with Crippen LogP contribution in [-0.4, -0.2) is 22.0 Å². The standard InChI is InChI=1S/C14H10BrNO4/c15-11-6-10(7-16-12(11)13(17)18)14(19)20-8-9-4-2-1-3-5-9/h1-7H,8H2,(H,17,18). The van der Waals surface area contributed by atoms with Gasteiger partial charge in [0.25, 0.3) is 0 Å². The third kappa shape index (κ3) is 3.42. The van der Waals surface area contributed by atoms with Gasteiger partial charge in [-0.15, -0.1) is 0 Å². The Bertz CT molecular complexity index is 643. The van der Waals surface area contributed by atoms with E-state index in [1.807, 2.05) is 30.3 Å². The highest BCUT2D eigenvalue weighted by Crippen LogP contribution is 2.17. The third-order valence-electron chi connectivity index (χ3n) is 2.49. The second-order valence-electron chi connectivity index (χ2n) is 3.92. The monoisotopic (exact) mass is 335 g/mol. The number of carboxylic acids is 1. The molecule has 102 valence electrons. The van der Waals surface area contributed by atoms with Gasteiger partial charge in [0.15, 0.2) is 5.69 Å². The highest BCUT2D eigenvalue weighted by atomic mass is 79.9. The number of aromatic carboxylic acids is 1. The van der Waals surface area contributed by atoms with Crippen molar-refractivity contribution >= 4 is 27.9 Å². The highest BCUT2D eigenvalue weighted by Gasteiger charge is 2.14. The van der Waals surface area contributed by atoms with Gasteiger partial charge in [-0.1, -0.05) is 30.3 Å². The molecule has 0 spiro atoms. The van der Waals surface area contributed by atoms with Gasteiger partial charge in [0, 0.05) is 6.20 Å². The first-order valence-electron chi connectivity index (χ1n) is 5.68. The topological polar surface area (TPSA) is 76.5 Å². The van der Waals surface area contributed by atoms with Crippen LogP contribution in [0.1, 0.15) is 26.4 Å². The Labute approximate surface area is 123 Å². The molecule has 0 saturated carbocycles. The van der Waals surface area contributed by atoms with E-state index in [2.05, 4.69) is 20.9 Å². The van der Waals surface area contributed by atoms with E-state index in [9.17, 15) is 9.59 Å². The molecule has 1 heterocycles. The van der Waals surface area contributed by atoms with Crippen molar-refractivity contribution in [3.8, 4) is 0 Å². The van der Waals surface area contributed by atoms with Crippen LogP contribution in [0.25, 0.3) is 0 Å². The number of carbonyl (C=O) groups excluding carboxylic acids is 1. The first-order valence-corrected chi connectivity index (χ1v) is 6.47. The van der Waals surface area contributed by atoms with Crippen LogP contribution in [0.4, 0.5) is 0 Å². The van der Waals surface area contributed by atoms with Gasteiger partial charge in [-0.25, -0.2) is 14.6 Å². The fourth-order valence-corrected chi connectivity index (χ4v) is 2.03. The molecule has 0 aliphatic heterocycles. The minimum Gasteiger partial charge on any atom is -0.476 e. The molecular formula is C14H10BrNO4. The largest absolute Gasteiger partial charge is 0.476 e. The predicted octanol–water partition coefficient (Wildman–Crippen LogP) is 2.90. The molecule has 2 rings (SSSR count). The van der Waals surface area contributed by atoms with Gasteiger partial charge in [0.2, 0.25) is 0 Å². The molecule has 6 heteroatoms. The normalized spacial score (nSPS) is 10.1. The lowest BCUT2D eigenvalue weighted by atomic mass is 10.2. The number of hydrogen-bond acceptors (Lipinski definition) is 4. The van der Waals surface area contributed by atoms with Gasteiger partial charge in [0.1, 0.15) is 6.61 Å². The number of hydrogen-bond donors (Lipinski definition) is 1. The number of pyridine rings is 1. The molecule has 20 heavy (non-hydrogen) atoms. The van der Waals surface area contributed by atoms with Crippen molar-refractivity contribution in [1.82, 2.24) is 4.98 Å². The molecule has 0 amide bonds. The quantitative estimate of drug-likeness (QED) is 0.869. The smallest absolute Gasteiger partial charge is 0.355 e. The zero-order chi connectivity index (χ0) is 14.5. The van der Waals surface area contributed by atoms with E-state index in [1.54, 1.807) is 0 Å². The maximum Gasteiger partial charge on any atom is 0.355 e. The van der Waals surface area contributed by atoms with Crippen molar-refractivity contribution in [2.45, 2.75) is 6.61 Å². The van der Waals surface area contributed by atoms with Gasteiger partial charge >= 0.3 is 11.9 Å². The van der Waals surface area contributed by atoms with Crippen molar-refractivity contribution < 1.29 is 19.4 Å². The first kappa shape index (κ1) is 14.2. The van der Waals surface area contributed by atoms with Crippen molar-refractivity contribution in [3.63, 3.8) is 0 Å². The zero-order valence-electron chi connectivity index (χ0n) is 10.2. The molecule has 0 radical (unpaired) electrons.